The Morgan fingerprint density at radius 1 is 1.46 bits per heavy atom. The summed E-state index contributed by atoms with van der Waals surface area (Å²) >= 11 is 0. The molecule has 0 aromatic heterocycles. The molecule has 0 spiro atoms. The van der Waals surface area contributed by atoms with Gasteiger partial charge < -0.3 is 10.1 Å². The molecule has 78 valence electrons. The molecule has 1 atom stereocenters. The molecule has 0 radical (unpaired) electrons. The fourth-order valence-electron chi connectivity index (χ4n) is 1.45. The maximum absolute atomic E-state index is 5.42. The number of hydrogen-bond acceptors (Lipinski definition) is 2. The Morgan fingerprint density at radius 3 is 2.77 bits per heavy atom. The van der Waals surface area contributed by atoms with Crippen molar-refractivity contribution >= 4 is 0 Å². The Morgan fingerprint density at radius 2 is 2.23 bits per heavy atom. The molecule has 0 aliphatic carbocycles. The summed E-state index contributed by atoms with van der Waals surface area (Å²) in [4.78, 5) is 0. The lowest BCUT2D eigenvalue weighted by molar-refractivity contribution is 0.0667. The predicted octanol–water partition coefficient (Wildman–Crippen LogP) is 2.19. The third-order valence-electron chi connectivity index (χ3n) is 2.99. The molecule has 0 amide bonds. The zero-order valence-electron chi connectivity index (χ0n) is 9.23. The van der Waals surface area contributed by atoms with E-state index in [0.717, 1.165) is 19.8 Å². The van der Waals surface area contributed by atoms with Gasteiger partial charge in [0.2, 0.25) is 0 Å². The van der Waals surface area contributed by atoms with Crippen LogP contribution < -0.4 is 5.32 Å². The van der Waals surface area contributed by atoms with Crippen molar-refractivity contribution in [2.24, 2.45) is 5.41 Å². The van der Waals surface area contributed by atoms with Crippen molar-refractivity contribution in [3.8, 4) is 0 Å². The van der Waals surface area contributed by atoms with Crippen LogP contribution in [-0.2, 0) is 4.74 Å². The molecule has 13 heavy (non-hydrogen) atoms. The first-order chi connectivity index (χ1) is 6.14. The van der Waals surface area contributed by atoms with E-state index in [0.29, 0.717) is 11.5 Å². The van der Waals surface area contributed by atoms with Crippen LogP contribution in [0.2, 0.25) is 0 Å². The number of rotatable bonds is 4. The van der Waals surface area contributed by atoms with E-state index in [1.807, 2.05) is 0 Å². The minimum atomic E-state index is 0.428. The van der Waals surface area contributed by atoms with Crippen LogP contribution in [0, 0.1) is 5.41 Å². The van der Waals surface area contributed by atoms with Gasteiger partial charge in [-0.25, -0.2) is 0 Å². The van der Waals surface area contributed by atoms with Gasteiger partial charge in [-0.15, -0.1) is 0 Å². The van der Waals surface area contributed by atoms with Gasteiger partial charge in [0.1, 0.15) is 0 Å². The van der Waals surface area contributed by atoms with Crippen molar-refractivity contribution in [2.75, 3.05) is 19.8 Å². The lowest BCUT2D eigenvalue weighted by Crippen LogP contribution is -2.41. The van der Waals surface area contributed by atoms with E-state index in [2.05, 4.69) is 26.1 Å². The Labute approximate surface area is 82.0 Å². The summed E-state index contributed by atoms with van der Waals surface area (Å²) in [6.07, 6.45) is 3.72. The van der Waals surface area contributed by atoms with Crippen molar-refractivity contribution in [1.29, 1.82) is 0 Å². The second kappa shape index (κ2) is 4.97. The average Bonchev–Trinajstić information content (AvgIpc) is 2.17. The largest absolute Gasteiger partial charge is 0.380 e. The highest BCUT2D eigenvalue weighted by molar-refractivity contribution is 4.75. The summed E-state index contributed by atoms with van der Waals surface area (Å²) in [5.41, 5.74) is 0.428. The summed E-state index contributed by atoms with van der Waals surface area (Å²) in [6, 6.07) is 0.597. The van der Waals surface area contributed by atoms with Crippen LogP contribution >= 0.6 is 0 Å². The van der Waals surface area contributed by atoms with Crippen LogP contribution in [0.1, 0.15) is 40.0 Å². The summed E-state index contributed by atoms with van der Waals surface area (Å²) in [7, 11) is 0. The molecule has 0 bridgehead atoms. The maximum atomic E-state index is 5.42. The van der Waals surface area contributed by atoms with Gasteiger partial charge in [-0.2, -0.15) is 0 Å². The minimum absolute atomic E-state index is 0.428. The van der Waals surface area contributed by atoms with E-state index in [1.54, 1.807) is 0 Å². The van der Waals surface area contributed by atoms with E-state index in [4.69, 9.17) is 4.74 Å². The summed E-state index contributed by atoms with van der Waals surface area (Å²) in [6.45, 7) is 9.83. The molecule has 1 N–H and O–H groups in total. The molecule has 1 fully saturated rings. The van der Waals surface area contributed by atoms with Crippen molar-refractivity contribution in [1.82, 2.24) is 5.32 Å². The van der Waals surface area contributed by atoms with Gasteiger partial charge in [0, 0.05) is 19.2 Å². The number of hydrogen-bond donors (Lipinski definition) is 1. The van der Waals surface area contributed by atoms with Gasteiger partial charge in [-0.1, -0.05) is 20.8 Å². The number of nitrogens with one attached hydrogen (secondary N) is 1. The number of ether oxygens (including phenoxy) is 1. The SMILES string of the molecule is CCC(C)(C)CNC1CCCOC1. The predicted molar refractivity (Wildman–Crippen MR) is 55.9 cm³/mol. The van der Waals surface area contributed by atoms with Crippen LogP contribution in [0.5, 0.6) is 0 Å². The Kier molecular flexibility index (Phi) is 4.20. The monoisotopic (exact) mass is 185 g/mol. The second-order valence-corrected chi connectivity index (χ2v) is 4.81. The second-order valence-electron chi connectivity index (χ2n) is 4.81. The first-order valence-electron chi connectivity index (χ1n) is 5.45. The smallest absolute Gasteiger partial charge is 0.0619 e. The fraction of sp³-hybridized carbons (Fsp3) is 1.00. The van der Waals surface area contributed by atoms with Crippen LogP contribution in [-0.4, -0.2) is 25.8 Å². The lowest BCUT2D eigenvalue weighted by atomic mass is 9.90. The lowest BCUT2D eigenvalue weighted by Gasteiger charge is -2.29. The van der Waals surface area contributed by atoms with Gasteiger partial charge >= 0.3 is 0 Å². The summed E-state index contributed by atoms with van der Waals surface area (Å²) < 4.78 is 5.42. The molecule has 1 aliphatic heterocycles. The van der Waals surface area contributed by atoms with Gasteiger partial charge in [-0.05, 0) is 24.7 Å². The van der Waals surface area contributed by atoms with Crippen LogP contribution in [0.15, 0.2) is 0 Å². The van der Waals surface area contributed by atoms with Crippen LogP contribution in [0.4, 0.5) is 0 Å². The normalized spacial score (nSPS) is 24.7. The summed E-state index contributed by atoms with van der Waals surface area (Å²) in [5.74, 6) is 0. The molecule has 1 saturated heterocycles. The van der Waals surface area contributed by atoms with E-state index in [1.165, 1.54) is 19.3 Å². The molecule has 2 heteroatoms. The topological polar surface area (TPSA) is 21.3 Å². The molecular weight excluding hydrogens is 162 g/mol. The van der Waals surface area contributed by atoms with Gasteiger partial charge in [0.05, 0.1) is 6.61 Å². The van der Waals surface area contributed by atoms with E-state index >= 15 is 0 Å². The molecule has 1 aliphatic rings. The molecular formula is C11H23NO. The van der Waals surface area contributed by atoms with E-state index in [9.17, 15) is 0 Å². The van der Waals surface area contributed by atoms with Crippen molar-refractivity contribution in [3.63, 3.8) is 0 Å². The zero-order valence-corrected chi connectivity index (χ0v) is 9.23. The van der Waals surface area contributed by atoms with Gasteiger partial charge in [-0.3, -0.25) is 0 Å². The average molecular weight is 185 g/mol. The van der Waals surface area contributed by atoms with Crippen molar-refractivity contribution in [2.45, 2.75) is 46.1 Å². The van der Waals surface area contributed by atoms with E-state index < -0.39 is 0 Å². The molecule has 1 unspecified atom stereocenters. The first kappa shape index (κ1) is 11.0. The van der Waals surface area contributed by atoms with Crippen LogP contribution in [0.3, 0.4) is 0 Å². The molecule has 2 nitrogen and oxygen atoms in total. The molecule has 1 heterocycles. The highest BCUT2D eigenvalue weighted by atomic mass is 16.5. The first-order valence-corrected chi connectivity index (χ1v) is 5.45. The highest BCUT2D eigenvalue weighted by Crippen LogP contribution is 2.18. The fourth-order valence-corrected chi connectivity index (χ4v) is 1.45. The zero-order chi connectivity index (χ0) is 9.73. The van der Waals surface area contributed by atoms with Crippen molar-refractivity contribution in [3.05, 3.63) is 0 Å². The quantitative estimate of drug-likeness (QED) is 0.725. The Hall–Kier alpha value is -0.0800. The van der Waals surface area contributed by atoms with Gasteiger partial charge in [0.25, 0.3) is 0 Å². The minimum Gasteiger partial charge on any atom is -0.380 e. The Balaban J connectivity index is 2.17. The highest BCUT2D eigenvalue weighted by Gasteiger charge is 2.18. The molecule has 0 aromatic rings. The third kappa shape index (κ3) is 4.10. The maximum Gasteiger partial charge on any atom is 0.0619 e. The van der Waals surface area contributed by atoms with Gasteiger partial charge in [0.15, 0.2) is 0 Å². The molecule has 0 saturated carbocycles. The van der Waals surface area contributed by atoms with Crippen molar-refractivity contribution < 1.29 is 4.74 Å². The summed E-state index contributed by atoms with van der Waals surface area (Å²) in [5, 5.41) is 3.59. The molecule has 1 rings (SSSR count). The third-order valence-corrected chi connectivity index (χ3v) is 2.99. The standard InChI is InChI=1S/C11H23NO/c1-4-11(2,3)9-12-10-6-5-7-13-8-10/h10,12H,4-9H2,1-3H3. The Bertz CT molecular complexity index is 139. The molecule has 0 aromatic carbocycles. The van der Waals surface area contributed by atoms with E-state index in [-0.39, 0.29) is 0 Å². The van der Waals surface area contributed by atoms with Crippen LogP contribution in [0.25, 0.3) is 0 Å².